The largest absolute Gasteiger partial charge is 0.303 e. The van der Waals surface area contributed by atoms with E-state index in [9.17, 15) is 4.79 Å². The third kappa shape index (κ3) is 0.988. The first-order valence-electron chi connectivity index (χ1n) is 3.37. The summed E-state index contributed by atoms with van der Waals surface area (Å²) in [6.07, 6.45) is 0. The van der Waals surface area contributed by atoms with Crippen molar-refractivity contribution in [1.82, 2.24) is 10.9 Å². The van der Waals surface area contributed by atoms with Crippen molar-refractivity contribution in [3.8, 4) is 0 Å². The molecule has 1 aliphatic heterocycles. The van der Waals surface area contributed by atoms with Gasteiger partial charge in [-0.05, 0) is 0 Å². The van der Waals surface area contributed by atoms with Crippen LogP contribution in [0.4, 0.5) is 0 Å². The summed E-state index contributed by atoms with van der Waals surface area (Å²) in [6.45, 7) is 7.63. The van der Waals surface area contributed by atoms with Crippen LogP contribution in [-0.4, -0.2) is 5.91 Å². The molecule has 0 bridgehead atoms. The van der Waals surface area contributed by atoms with E-state index >= 15 is 0 Å². The molecule has 2 unspecified atom stereocenters. The van der Waals surface area contributed by atoms with Crippen molar-refractivity contribution in [3.63, 3.8) is 0 Å². The Morgan fingerprint density at radius 3 is 2.40 bits per heavy atom. The maximum Gasteiger partial charge on any atom is 0.241 e. The minimum Gasteiger partial charge on any atom is -0.303 e. The SMILES string of the molecule is C=C1NNC(=O)C(C)C1C. The Kier molecular flexibility index (Phi) is 1.66. The highest BCUT2D eigenvalue weighted by Crippen LogP contribution is 2.19. The molecule has 1 rings (SSSR count). The third-order valence-electron chi connectivity index (χ3n) is 2.06. The predicted molar refractivity (Wildman–Crippen MR) is 38.7 cm³/mol. The molecular formula is C7H12N2O. The number of hydrogen-bond acceptors (Lipinski definition) is 2. The number of allylic oxidation sites excluding steroid dienone is 1. The second-order valence-electron chi connectivity index (χ2n) is 2.72. The molecule has 1 saturated heterocycles. The van der Waals surface area contributed by atoms with Crippen molar-refractivity contribution in [2.75, 3.05) is 0 Å². The van der Waals surface area contributed by atoms with E-state index in [0.29, 0.717) is 0 Å². The smallest absolute Gasteiger partial charge is 0.241 e. The van der Waals surface area contributed by atoms with Gasteiger partial charge >= 0.3 is 0 Å². The molecule has 3 heteroatoms. The van der Waals surface area contributed by atoms with Crippen LogP contribution in [0.5, 0.6) is 0 Å². The molecule has 2 N–H and O–H groups in total. The second kappa shape index (κ2) is 2.33. The Bertz CT molecular complexity index is 156. The molecule has 1 heterocycles. The Balaban J connectivity index is 2.69. The van der Waals surface area contributed by atoms with Gasteiger partial charge in [0.15, 0.2) is 0 Å². The summed E-state index contributed by atoms with van der Waals surface area (Å²) in [4.78, 5) is 10.9. The van der Waals surface area contributed by atoms with Crippen molar-refractivity contribution in [2.45, 2.75) is 13.8 Å². The summed E-state index contributed by atoms with van der Waals surface area (Å²) in [5.74, 6) is 0.308. The van der Waals surface area contributed by atoms with Gasteiger partial charge < -0.3 is 5.43 Å². The second-order valence-corrected chi connectivity index (χ2v) is 2.72. The number of amides is 1. The molecule has 0 aromatic heterocycles. The Labute approximate surface area is 60.5 Å². The lowest BCUT2D eigenvalue weighted by Gasteiger charge is -2.28. The summed E-state index contributed by atoms with van der Waals surface area (Å²) in [5, 5.41) is 0. The van der Waals surface area contributed by atoms with Gasteiger partial charge in [-0.15, -0.1) is 0 Å². The van der Waals surface area contributed by atoms with Crippen molar-refractivity contribution in [3.05, 3.63) is 12.3 Å². The average Bonchev–Trinajstić information content (AvgIpc) is 1.93. The van der Waals surface area contributed by atoms with Crippen LogP contribution < -0.4 is 10.9 Å². The van der Waals surface area contributed by atoms with E-state index in [4.69, 9.17) is 0 Å². The van der Waals surface area contributed by atoms with Crippen LogP contribution in [-0.2, 0) is 4.79 Å². The van der Waals surface area contributed by atoms with E-state index in [0.717, 1.165) is 5.70 Å². The van der Waals surface area contributed by atoms with Crippen LogP contribution in [0.1, 0.15) is 13.8 Å². The minimum atomic E-state index is 0.0359. The van der Waals surface area contributed by atoms with Crippen LogP contribution in [0, 0.1) is 11.8 Å². The van der Waals surface area contributed by atoms with E-state index in [1.165, 1.54) is 0 Å². The number of carbonyl (C=O) groups excluding carboxylic acids is 1. The standard InChI is InChI=1S/C7H12N2O/c1-4-5(2)7(10)9-8-6(4)3/h4-5,8H,3H2,1-2H3,(H,9,10). The first-order chi connectivity index (χ1) is 4.63. The van der Waals surface area contributed by atoms with Gasteiger partial charge in [0, 0.05) is 17.5 Å². The summed E-state index contributed by atoms with van der Waals surface area (Å²) < 4.78 is 0. The summed E-state index contributed by atoms with van der Waals surface area (Å²) in [6, 6.07) is 0. The normalized spacial score (nSPS) is 33.0. The van der Waals surface area contributed by atoms with Crippen molar-refractivity contribution in [2.24, 2.45) is 11.8 Å². The fraction of sp³-hybridized carbons (Fsp3) is 0.571. The number of hydrogen-bond donors (Lipinski definition) is 2. The maximum absolute atomic E-state index is 10.9. The van der Waals surface area contributed by atoms with E-state index in [-0.39, 0.29) is 17.7 Å². The molecule has 1 aliphatic rings. The molecular weight excluding hydrogens is 128 g/mol. The van der Waals surface area contributed by atoms with Gasteiger partial charge in [0.2, 0.25) is 5.91 Å². The number of rotatable bonds is 0. The highest BCUT2D eigenvalue weighted by molar-refractivity contribution is 5.79. The van der Waals surface area contributed by atoms with Gasteiger partial charge in [0.05, 0.1) is 0 Å². The van der Waals surface area contributed by atoms with Gasteiger partial charge in [0.25, 0.3) is 0 Å². The van der Waals surface area contributed by atoms with Gasteiger partial charge in [-0.1, -0.05) is 20.4 Å². The van der Waals surface area contributed by atoms with Crippen molar-refractivity contribution in [1.29, 1.82) is 0 Å². The highest BCUT2D eigenvalue weighted by Gasteiger charge is 2.26. The number of carbonyl (C=O) groups is 1. The zero-order chi connectivity index (χ0) is 7.72. The van der Waals surface area contributed by atoms with Crippen LogP contribution in [0.2, 0.25) is 0 Å². The molecule has 0 aliphatic carbocycles. The summed E-state index contributed by atoms with van der Waals surface area (Å²) >= 11 is 0. The van der Waals surface area contributed by atoms with E-state index < -0.39 is 0 Å². The maximum atomic E-state index is 10.9. The van der Waals surface area contributed by atoms with Gasteiger partial charge in [-0.25, -0.2) is 0 Å². The van der Waals surface area contributed by atoms with Crippen molar-refractivity contribution < 1.29 is 4.79 Å². The highest BCUT2D eigenvalue weighted by atomic mass is 16.2. The minimum absolute atomic E-state index is 0.0359. The molecule has 0 saturated carbocycles. The zero-order valence-electron chi connectivity index (χ0n) is 6.27. The monoisotopic (exact) mass is 140 g/mol. The molecule has 1 amide bonds. The van der Waals surface area contributed by atoms with Crippen LogP contribution in [0.25, 0.3) is 0 Å². The first kappa shape index (κ1) is 7.12. The zero-order valence-corrected chi connectivity index (χ0v) is 6.27. The van der Waals surface area contributed by atoms with Crippen LogP contribution in [0.3, 0.4) is 0 Å². The molecule has 0 aromatic carbocycles. The summed E-state index contributed by atoms with van der Waals surface area (Å²) in [7, 11) is 0. The topological polar surface area (TPSA) is 41.1 Å². The quantitative estimate of drug-likeness (QED) is 0.511. The van der Waals surface area contributed by atoms with E-state index in [2.05, 4.69) is 17.4 Å². The lowest BCUT2D eigenvalue weighted by Crippen LogP contribution is -2.49. The fourth-order valence-corrected chi connectivity index (χ4v) is 0.898. The Hall–Kier alpha value is -0.990. The van der Waals surface area contributed by atoms with Crippen molar-refractivity contribution >= 4 is 5.91 Å². The molecule has 3 nitrogen and oxygen atoms in total. The van der Waals surface area contributed by atoms with Crippen LogP contribution >= 0.6 is 0 Å². The van der Waals surface area contributed by atoms with Gasteiger partial charge in [0.1, 0.15) is 0 Å². The molecule has 0 aromatic rings. The molecule has 2 atom stereocenters. The first-order valence-corrected chi connectivity index (χ1v) is 3.37. The summed E-state index contributed by atoms with van der Waals surface area (Å²) in [5.41, 5.74) is 6.12. The molecule has 0 spiro atoms. The van der Waals surface area contributed by atoms with Gasteiger partial charge in [-0.2, -0.15) is 0 Å². The lowest BCUT2D eigenvalue weighted by molar-refractivity contribution is -0.128. The van der Waals surface area contributed by atoms with E-state index in [1.54, 1.807) is 0 Å². The van der Waals surface area contributed by atoms with Crippen LogP contribution in [0.15, 0.2) is 12.3 Å². The molecule has 10 heavy (non-hydrogen) atoms. The fourth-order valence-electron chi connectivity index (χ4n) is 0.898. The Morgan fingerprint density at radius 1 is 1.30 bits per heavy atom. The third-order valence-corrected chi connectivity index (χ3v) is 2.06. The molecule has 1 fully saturated rings. The lowest BCUT2D eigenvalue weighted by atomic mass is 9.91. The molecule has 56 valence electrons. The number of hydrazine groups is 1. The molecule has 0 radical (unpaired) electrons. The predicted octanol–water partition coefficient (Wildman–Crippen LogP) is 0.407. The van der Waals surface area contributed by atoms with E-state index in [1.807, 2.05) is 13.8 Å². The average molecular weight is 140 g/mol. The van der Waals surface area contributed by atoms with Gasteiger partial charge in [-0.3, -0.25) is 10.2 Å². The number of nitrogens with one attached hydrogen (secondary N) is 2. The Morgan fingerprint density at radius 2 is 1.90 bits per heavy atom.